The predicted molar refractivity (Wildman–Crippen MR) is 98.4 cm³/mol. The fourth-order valence-electron chi connectivity index (χ4n) is 3.04. The summed E-state index contributed by atoms with van der Waals surface area (Å²) in [5.41, 5.74) is 4.05. The lowest BCUT2D eigenvalue weighted by molar-refractivity contribution is 0.0478. The van der Waals surface area contributed by atoms with Crippen LogP contribution in [0, 0.1) is 20.8 Å². The van der Waals surface area contributed by atoms with Crippen molar-refractivity contribution in [2.24, 2.45) is 0 Å². The second kappa shape index (κ2) is 7.63. The highest BCUT2D eigenvalue weighted by molar-refractivity contribution is 5.97. The molecule has 0 aliphatic carbocycles. The molecule has 0 aliphatic heterocycles. The molecule has 0 bridgehead atoms. The molecule has 128 valence electrons. The third-order valence-corrected chi connectivity index (χ3v) is 4.33. The van der Waals surface area contributed by atoms with E-state index in [9.17, 15) is 9.90 Å². The van der Waals surface area contributed by atoms with Gasteiger partial charge in [-0.25, -0.2) is 0 Å². The molecule has 2 N–H and O–H groups in total. The average Bonchev–Trinajstić information content (AvgIpc) is 2.51. The van der Waals surface area contributed by atoms with E-state index in [2.05, 4.69) is 5.32 Å². The molecule has 1 unspecified atom stereocenters. The van der Waals surface area contributed by atoms with Crippen molar-refractivity contribution in [2.75, 3.05) is 6.54 Å². The number of carbonyl (C=O) groups is 1. The van der Waals surface area contributed by atoms with Crippen molar-refractivity contribution in [3.63, 3.8) is 0 Å². The van der Waals surface area contributed by atoms with E-state index in [4.69, 9.17) is 0 Å². The summed E-state index contributed by atoms with van der Waals surface area (Å²) in [6.45, 7) is 7.93. The third-order valence-electron chi connectivity index (χ3n) is 4.33. The normalized spacial score (nSPS) is 13.4. The Labute approximate surface area is 144 Å². The van der Waals surface area contributed by atoms with Crippen LogP contribution in [0.4, 0.5) is 0 Å². The van der Waals surface area contributed by atoms with Gasteiger partial charge in [-0.05, 0) is 57.2 Å². The van der Waals surface area contributed by atoms with Crippen molar-refractivity contribution in [2.45, 2.75) is 46.1 Å². The van der Waals surface area contributed by atoms with Gasteiger partial charge in [-0.1, -0.05) is 48.0 Å². The Balaban J connectivity index is 1.95. The van der Waals surface area contributed by atoms with E-state index in [1.807, 2.05) is 63.2 Å². The van der Waals surface area contributed by atoms with Gasteiger partial charge in [0.2, 0.25) is 0 Å². The molecule has 3 nitrogen and oxygen atoms in total. The highest BCUT2D eigenvalue weighted by atomic mass is 16.3. The maximum Gasteiger partial charge on any atom is 0.251 e. The minimum Gasteiger partial charge on any atom is -0.388 e. The molecule has 24 heavy (non-hydrogen) atoms. The Hall–Kier alpha value is -2.13. The van der Waals surface area contributed by atoms with Crippen molar-refractivity contribution < 1.29 is 9.90 Å². The monoisotopic (exact) mass is 325 g/mol. The van der Waals surface area contributed by atoms with Crippen LogP contribution in [0.1, 0.15) is 46.0 Å². The summed E-state index contributed by atoms with van der Waals surface area (Å²) in [5.74, 6) is -0.120. The van der Waals surface area contributed by atoms with Crippen molar-refractivity contribution in [3.05, 3.63) is 70.3 Å². The van der Waals surface area contributed by atoms with Crippen molar-refractivity contribution in [1.29, 1.82) is 0 Å². The van der Waals surface area contributed by atoms with Gasteiger partial charge in [0.05, 0.1) is 5.60 Å². The maximum atomic E-state index is 12.5. The quantitative estimate of drug-likeness (QED) is 0.850. The largest absolute Gasteiger partial charge is 0.388 e. The summed E-state index contributed by atoms with van der Waals surface area (Å²) in [6, 6.07) is 14.1. The van der Waals surface area contributed by atoms with Crippen LogP contribution >= 0.6 is 0 Å². The van der Waals surface area contributed by atoms with E-state index < -0.39 is 5.60 Å². The van der Waals surface area contributed by atoms with Crippen LogP contribution < -0.4 is 5.32 Å². The number of aryl methyl sites for hydroxylation is 4. The zero-order valence-electron chi connectivity index (χ0n) is 15.0. The van der Waals surface area contributed by atoms with Gasteiger partial charge >= 0.3 is 0 Å². The second-order valence-corrected chi connectivity index (χ2v) is 6.94. The van der Waals surface area contributed by atoms with Gasteiger partial charge in [-0.3, -0.25) is 4.79 Å². The van der Waals surface area contributed by atoms with Crippen molar-refractivity contribution in [3.8, 4) is 0 Å². The third kappa shape index (κ3) is 4.93. The molecule has 0 spiro atoms. The number of hydrogen-bond donors (Lipinski definition) is 2. The van der Waals surface area contributed by atoms with Gasteiger partial charge in [0.25, 0.3) is 5.91 Å². The van der Waals surface area contributed by atoms with E-state index in [-0.39, 0.29) is 12.5 Å². The molecule has 3 heteroatoms. The summed E-state index contributed by atoms with van der Waals surface area (Å²) in [6.07, 6.45) is 1.38. The molecule has 1 amide bonds. The molecule has 0 fully saturated rings. The summed E-state index contributed by atoms with van der Waals surface area (Å²) in [4.78, 5) is 12.5. The lowest BCUT2D eigenvalue weighted by Gasteiger charge is -2.24. The van der Waals surface area contributed by atoms with Crippen LogP contribution in [0.2, 0.25) is 0 Å². The van der Waals surface area contributed by atoms with Gasteiger partial charge in [-0.15, -0.1) is 0 Å². The van der Waals surface area contributed by atoms with Crippen LogP contribution in [0.15, 0.2) is 42.5 Å². The molecule has 1 atom stereocenters. The van der Waals surface area contributed by atoms with Crippen LogP contribution in [0.3, 0.4) is 0 Å². The number of aliphatic hydroxyl groups is 1. The van der Waals surface area contributed by atoms with E-state index in [1.54, 1.807) is 6.92 Å². The zero-order valence-corrected chi connectivity index (χ0v) is 15.0. The first-order chi connectivity index (χ1) is 11.3. The van der Waals surface area contributed by atoms with Crippen LogP contribution in [0.5, 0.6) is 0 Å². The van der Waals surface area contributed by atoms with E-state index in [1.165, 1.54) is 5.56 Å². The first-order valence-corrected chi connectivity index (χ1v) is 8.41. The summed E-state index contributed by atoms with van der Waals surface area (Å²) < 4.78 is 0. The van der Waals surface area contributed by atoms with Gasteiger partial charge in [-0.2, -0.15) is 0 Å². The Bertz CT molecular complexity index is 682. The lowest BCUT2D eigenvalue weighted by atomic mass is 9.95. The Morgan fingerprint density at radius 2 is 1.67 bits per heavy atom. The number of benzene rings is 2. The van der Waals surface area contributed by atoms with Crippen LogP contribution in [-0.4, -0.2) is 23.2 Å². The molecule has 0 radical (unpaired) electrons. The van der Waals surface area contributed by atoms with Gasteiger partial charge in [0.1, 0.15) is 0 Å². The molecule has 0 heterocycles. The van der Waals surface area contributed by atoms with E-state index >= 15 is 0 Å². The van der Waals surface area contributed by atoms with Crippen molar-refractivity contribution in [1.82, 2.24) is 5.32 Å². The minimum atomic E-state index is -0.933. The molecule has 2 rings (SSSR count). The molecule has 2 aromatic rings. The number of rotatable bonds is 6. The van der Waals surface area contributed by atoms with E-state index in [0.717, 1.165) is 23.1 Å². The fourth-order valence-corrected chi connectivity index (χ4v) is 3.04. The molecular weight excluding hydrogens is 298 g/mol. The molecule has 0 saturated heterocycles. The fraction of sp³-hybridized carbons (Fsp3) is 0.381. The SMILES string of the molecule is Cc1cc(C)c(C(=O)NCC(C)(O)CCc2ccccc2)c(C)c1. The smallest absolute Gasteiger partial charge is 0.251 e. The van der Waals surface area contributed by atoms with Crippen molar-refractivity contribution >= 4 is 5.91 Å². The van der Waals surface area contributed by atoms with Gasteiger partial charge < -0.3 is 10.4 Å². The zero-order chi connectivity index (χ0) is 17.7. The highest BCUT2D eigenvalue weighted by Gasteiger charge is 2.22. The second-order valence-electron chi connectivity index (χ2n) is 6.94. The average molecular weight is 325 g/mol. The molecule has 0 aromatic heterocycles. The first-order valence-electron chi connectivity index (χ1n) is 8.41. The standard InChI is InChI=1S/C21H27NO2/c1-15-12-16(2)19(17(3)13-15)20(23)22-14-21(4,24)11-10-18-8-6-5-7-9-18/h5-9,12-13,24H,10-11,14H2,1-4H3,(H,22,23). The summed E-state index contributed by atoms with van der Waals surface area (Å²) in [7, 11) is 0. The Kier molecular flexibility index (Phi) is 5.79. The Morgan fingerprint density at radius 3 is 2.25 bits per heavy atom. The van der Waals surface area contributed by atoms with Gasteiger partial charge in [0.15, 0.2) is 0 Å². The van der Waals surface area contributed by atoms with E-state index in [0.29, 0.717) is 12.0 Å². The molecular formula is C21H27NO2. The maximum absolute atomic E-state index is 12.5. The molecule has 0 aliphatic rings. The number of amides is 1. The number of nitrogens with one attached hydrogen (secondary N) is 1. The molecule has 0 saturated carbocycles. The predicted octanol–water partition coefficient (Wildman–Crippen LogP) is 3.73. The molecule has 2 aromatic carbocycles. The highest BCUT2D eigenvalue weighted by Crippen LogP contribution is 2.17. The minimum absolute atomic E-state index is 0.120. The summed E-state index contributed by atoms with van der Waals surface area (Å²) >= 11 is 0. The summed E-state index contributed by atoms with van der Waals surface area (Å²) in [5, 5.41) is 13.4. The topological polar surface area (TPSA) is 49.3 Å². The Morgan fingerprint density at radius 1 is 1.08 bits per heavy atom. The first kappa shape index (κ1) is 18.2. The van der Waals surface area contributed by atoms with Gasteiger partial charge in [0, 0.05) is 12.1 Å². The lowest BCUT2D eigenvalue weighted by Crippen LogP contribution is -2.41. The number of carbonyl (C=O) groups excluding carboxylic acids is 1. The van der Waals surface area contributed by atoms with Crippen LogP contribution in [0.25, 0.3) is 0 Å². The number of hydrogen-bond acceptors (Lipinski definition) is 2. The van der Waals surface area contributed by atoms with Crippen LogP contribution in [-0.2, 0) is 6.42 Å².